The summed E-state index contributed by atoms with van der Waals surface area (Å²) in [6.45, 7) is -1.41. The van der Waals surface area contributed by atoms with E-state index in [2.05, 4.69) is 15.1 Å². The first-order valence-electron chi connectivity index (χ1n) is 11.5. The molecule has 0 aliphatic carbocycles. The van der Waals surface area contributed by atoms with Crippen molar-refractivity contribution in [1.29, 1.82) is 0 Å². The number of aliphatic hydroxyl groups is 6. The Labute approximate surface area is 214 Å². The summed E-state index contributed by atoms with van der Waals surface area (Å²) in [6.07, 6.45) is -10.8. The summed E-state index contributed by atoms with van der Waals surface area (Å²) in [5.74, 6) is 0. The van der Waals surface area contributed by atoms with E-state index < -0.39 is 56.1 Å². The smallest absolute Gasteiger partial charge is 0.187 e. The normalized spacial score (nSPS) is 26.0. The number of aromatic nitrogens is 4. The molecule has 5 rings (SSSR count). The number of nitrogens with zero attached hydrogens (tertiary/aromatic N) is 4. The lowest BCUT2D eigenvalue weighted by atomic mass is 9.99. The second-order valence-corrected chi connectivity index (χ2v) is 9.10. The number of hydrogen-bond acceptors (Lipinski definition) is 11. The number of halogens is 1. The van der Waals surface area contributed by atoms with Gasteiger partial charge in [-0.05, 0) is 30.3 Å². The molecule has 12 nitrogen and oxygen atoms in total. The highest BCUT2D eigenvalue weighted by atomic mass is 35.5. The van der Waals surface area contributed by atoms with Crippen molar-refractivity contribution in [3.05, 3.63) is 59.2 Å². The van der Waals surface area contributed by atoms with Crippen molar-refractivity contribution < 1.29 is 40.1 Å². The SMILES string of the molecule is OC[C@@H]1O[C@H](O[C@@H](c2nn(-c3ccccc3)c3nc4cc(Cl)ccc4nc23)[C@@H](O)CO)[C@H](O)[C@H](O)[C@@H]1O. The monoisotopic (exact) mass is 532 g/mol. The molecule has 0 bridgehead atoms. The van der Waals surface area contributed by atoms with E-state index in [-0.39, 0.29) is 11.2 Å². The molecule has 196 valence electrons. The Morgan fingerprint density at radius 3 is 2.43 bits per heavy atom. The van der Waals surface area contributed by atoms with E-state index in [9.17, 15) is 30.6 Å². The van der Waals surface area contributed by atoms with Crippen LogP contribution in [0.3, 0.4) is 0 Å². The van der Waals surface area contributed by atoms with Crippen LogP contribution >= 0.6 is 11.6 Å². The molecular weight excluding hydrogens is 508 g/mol. The van der Waals surface area contributed by atoms with Gasteiger partial charge in [0.25, 0.3) is 0 Å². The number of ether oxygens (including phenoxy) is 2. The average Bonchev–Trinajstić information content (AvgIpc) is 3.28. The third kappa shape index (κ3) is 4.79. The summed E-state index contributed by atoms with van der Waals surface area (Å²) in [6, 6.07) is 14.0. The molecule has 1 saturated heterocycles. The summed E-state index contributed by atoms with van der Waals surface area (Å²) in [4.78, 5) is 9.34. The predicted octanol–water partition coefficient (Wildman–Crippen LogP) is -0.167. The first-order valence-corrected chi connectivity index (χ1v) is 11.9. The Balaban J connectivity index is 1.65. The Morgan fingerprint density at radius 1 is 0.973 bits per heavy atom. The van der Waals surface area contributed by atoms with Crippen LogP contribution in [0.25, 0.3) is 27.9 Å². The fourth-order valence-corrected chi connectivity index (χ4v) is 4.40. The highest BCUT2D eigenvalue weighted by Crippen LogP contribution is 2.33. The number of fused-ring (bicyclic) bond motifs is 2. The van der Waals surface area contributed by atoms with Crippen molar-refractivity contribution in [2.24, 2.45) is 0 Å². The minimum Gasteiger partial charge on any atom is -0.394 e. The summed E-state index contributed by atoms with van der Waals surface area (Å²) >= 11 is 6.15. The van der Waals surface area contributed by atoms with Gasteiger partial charge in [0.05, 0.1) is 29.9 Å². The third-order valence-corrected chi connectivity index (χ3v) is 6.43. The molecule has 37 heavy (non-hydrogen) atoms. The van der Waals surface area contributed by atoms with Gasteiger partial charge in [0.1, 0.15) is 47.8 Å². The maximum absolute atomic E-state index is 10.7. The van der Waals surface area contributed by atoms with Crippen LogP contribution in [0.2, 0.25) is 5.02 Å². The molecule has 0 radical (unpaired) electrons. The van der Waals surface area contributed by atoms with Crippen molar-refractivity contribution in [1.82, 2.24) is 19.7 Å². The molecule has 2 aromatic carbocycles. The minimum atomic E-state index is -1.73. The lowest BCUT2D eigenvalue weighted by Crippen LogP contribution is -2.59. The largest absolute Gasteiger partial charge is 0.394 e. The molecule has 0 unspecified atom stereocenters. The van der Waals surface area contributed by atoms with Crippen LogP contribution in [0, 0.1) is 0 Å². The minimum absolute atomic E-state index is 0.0710. The molecule has 1 aliphatic rings. The maximum Gasteiger partial charge on any atom is 0.187 e. The number of hydrogen-bond donors (Lipinski definition) is 6. The van der Waals surface area contributed by atoms with Gasteiger partial charge in [-0.2, -0.15) is 5.10 Å². The quantitative estimate of drug-likeness (QED) is 0.186. The van der Waals surface area contributed by atoms with Gasteiger partial charge in [-0.15, -0.1) is 0 Å². The maximum atomic E-state index is 10.7. The van der Waals surface area contributed by atoms with E-state index in [1.807, 2.05) is 6.07 Å². The highest BCUT2D eigenvalue weighted by Gasteiger charge is 2.46. The molecule has 4 aromatic rings. The Kier molecular flexibility index (Phi) is 7.36. The molecule has 3 heterocycles. The van der Waals surface area contributed by atoms with Crippen molar-refractivity contribution in [2.75, 3.05) is 13.2 Å². The van der Waals surface area contributed by atoms with Gasteiger partial charge in [0, 0.05) is 5.02 Å². The van der Waals surface area contributed by atoms with Gasteiger partial charge >= 0.3 is 0 Å². The molecule has 6 N–H and O–H groups in total. The van der Waals surface area contributed by atoms with E-state index in [1.54, 1.807) is 42.5 Å². The van der Waals surface area contributed by atoms with E-state index in [1.165, 1.54) is 4.68 Å². The van der Waals surface area contributed by atoms with E-state index in [0.29, 0.717) is 27.4 Å². The summed E-state index contributed by atoms with van der Waals surface area (Å²) in [5.41, 5.74) is 2.22. The van der Waals surface area contributed by atoms with Crippen molar-refractivity contribution >= 4 is 33.8 Å². The fourth-order valence-electron chi connectivity index (χ4n) is 4.24. The zero-order valence-corrected chi connectivity index (χ0v) is 20.0. The topological polar surface area (TPSA) is 183 Å². The van der Waals surface area contributed by atoms with Crippen LogP contribution in [0.15, 0.2) is 48.5 Å². The molecule has 13 heteroatoms. The molecule has 7 atom stereocenters. The number of aliphatic hydroxyl groups excluding tert-OH is 6. The summed E-state index contributed by atoms with van der Waals surface area (Å²) in [5, 5.41) is 65.9. The van der Waals surface area contributed by atoms with Crippen LogP contribution in [0.5, 0.6) is 0 Å². The van der Waals surface area contributed by atoms with Crippen LogP contribution < -0.4 is 0 Å². The zero-order valence-electron chi connectivity index (χ0n) is 19.2. The lowest BCUT2D eigenvalue weighted by Gasteiger charge is -2.41. The standard InChI is InChI=1S/C24H25ClN4O8/c25-11-6-7-13-14(8-11)27-23-18(26-13)17(28-29(23)12-4-2-1-3-5-12)22(15(32)9-30)37-24-21(35)20(34)19(33)16(10-31)36-24/h1-8,15-16,19-22,24,30-35H,9-10H2/t15-,16-,19+,20+,21+,22+,24+/m0/s1. The number of rotatable bonds is 7. The molecule has 0 spiro atoms. The molecule has 0 saturated carbocycles. The molecule has 1 fully saturated rings. The van der Waals surface area contributed by atoms with Gasteiger partial charge in [-0.3, -0.25) is 0 Å². The van der Waals surface area contributed by atoms with Gasteiger partial charge in [0.15, 0.2) is 11.9 Å². The lowest BCUT2D eigenvalue weighted by molar-refractivity contribution is -0.319. The Bertz CT molecular complexity index is 1390. The Hall–Kier alpha value is -2.78. The van der Waals surface area contributed by atoms with Gasteiger partial charge in [-0.1, -0.05) is 29.8 Å². The fraction of sp³-hybridized carbons (Fsp3) is 0.375. The molecular formula is C24H25ClN4O8. The van der Waals surface area contributed by atoms with Crippen molar-refractivity contribution in [3.8, 4) is 5.69 Å². The van der Waals surface area contributed by atoms with E-state index in [0.717, 1.165) is 0 Å². The van der Waals surface area contributed by atoms with Crippen molar-refractivity contribution in [3.63, 3.8) is 0 Å². The highest BCUT2D eigenvalue weighted by molar-refractivity contribution is 6.31. The van der Waals surface area contributed by atoms with Crippen LogP contribution in [0.4, 0.5) is 0 Å². The van der Waals surface area contributed by atoms with Gasteiger partial charge in [-0.25, -0.2) is 14.6 Å². The average molecular weight is 533 g/mol. The molecule has 2 aromatic heterocycles. The van der Waals surface area contributed by atoms with Gasteiger partial charge < -0.3 is 40.1 Å². The predicted molar refractivity (Wildman–Crippen MR) is 130 cm³/mol. The Morgan fingerprint density at radius 2 is 1.73 bits per heavy atom. The van der Waals surface area contributed by atoms with Crippen molar-refractivity contribution in [2.45, 2.75) is 42.9 Å². The molecule has 1 aliphatic heterocycles. The van der Waals surface area contributed by atoms with E-state index in [4.69, 9.17) is 21.1 Å². The molecule has 0 amide bonds. The first kappa shape index (κ1) is 25.9. The zero-order chi connectivity index (χ0) is 26.3. The second-order valence-electron chi connectivity index (χ2n) is 8.67. The second kappa shape index (κ2) is 10.5. The number of benzene rings is 2. The van der Waals surface area contributed by atoms with Crippen LogP contribution in [-0.4, -0.2) is 100 Å². The summed E-state index contributed by atoms with van der Waals surface area (Å²) < 4.78 is 12.8. The first-order chi connectivity index (χ1) is 17.8. The third-order valence-electron chi connectivity index (χ3n) is 6.19. The van der Waals surface area contributed by atoms with Crippen LogP contribution in [-0.2, 0) is 9.47 Å². The van der Waals surface area contributed by atoms with Crippen LogP contribution in [0.1, 0.15) is 11.8 Å². The van der Waals surface area contributed by atoms with Gasteiger partial charge in [0.2, 0.25) is 0 Å². The van der Waals surface area contributed by atoms with E-state index >= 15 is 0 Å². The summed E-state index contributed by atoms with van der Waals surface area (Å²) in [7, 11) is 0. The number of para-hydroxylation sites is 1.